The Labute approximate surface area is 124 Å². The van der Waals surface area contributed by atoms with Gasteiger partial charge < -0.3 is 10.1 Å². The Hall–Kier alpha value is -1.62. The average molecular weight is 290 g/mol. The zero-order valence-corrected chi connectivity index (χ0v) is 12.7. The van der Waals surface area contributed by atoms with Gasteiger partial charge in [-0.3, -0.25) is 4.90 Å². The van der Waals surface area contributed by atoms with E-state index in [0.717, 1.165) is 5.56 Å². The van der Waals surface area contributed by atoms with Crippen LogP contribution in [0.3, 0.4) is 0 Å². The molecular weight excluding hydrogens is 272 g/mol. The van der Waals surface area contributed by atoms with E-state index in [-0.39, 0.29) is 11.5 Å². The van der Waals surface area contributed by atoms with E-state index in [0.29, 0.717) is 11.5 Å². The van der Waals surface area contributed by atoms with E-state index >= 15 is 0 Å². The summed E-state index contributed by atoms with van der Waals surface area (Å²) in [6.45, 7) is 6.06. The van der Waals surface area contributed by atoms with Crippen molar-refractivity contribution in [3.05, 3.63) is 35.9 Å². The lowest BCUT2D eigenvalue weighted by Gasteiger charge is -2.48. The second-order valence-corrected chi connectivity index (χ2v) is 6.66. The molecule has 0 amide bonds. The van der Waals surface area contributed by atoms with Crippen molar-refractivity contribution >= 4 is 23.3 Å². The van der Waals surface area contributed by atoms with Crippen molar-refractivity contribution < 1.29 is 9.53 Å². The minimum absolute atomic E-state index is 0.186. The fourth-order valence-electron chi connectivity index (χ4n) is 3.29. The number of hydrogen-bond acceptors (Lipinski definition) is 3. The predicted octanol–water partition coefficient (Wildman–Crippen LogP) is 2.36. The molecule has 0 spiro atoms. The molecule has 1 N–H and O–H groups in total. The van der Waals surface area contributed by atoms with E-state index in [4.69, 9.17) is 17.0 Å². The number of nitrogens with zero attached hydrogens (tertiary/aromatic N) is 1. The van der Waals surface area contributed by atoms with Gasteiger partial charge in [-0.15, -0.1) is 0 Å². The third-order valence-corrected chi connectivity index (χ3v) is 4.16. The lowest BCUT2D eigenvalue weighted by molar-refractivity contribution is -0.153. The third-order valence-electron chi connectivity index (χ3n) is 3.86. The van der Waals surface area contributed by atoms with Gasteiger partial charge in [-0.25, -0.2) is 4.79 Å². The van der Waals surface area contributed by atoms with Gasteiger partial charge >= 0.3 is 5.97 Å². The van der Waals surface area contributed by atoms with Gasteiger partial charge in [-0.05, 0) is 38.6 Å². The molecule has 4 nitrogen and oxygen atoms in total. The van der Waals surface area contributed by atoms with Gasteiger partial charge in [-0.2, -0.15) is 0 Å². The number of esters is 1. The largest absolute Gasteiger partial charge is 0.437 e. The first-order valence-electron chi connectivity index (χ1n) is 6.72. The minimum Gasteiger partial charge on any atom is -0.437 e. The molecule has 2 fully saturated rings. The molecule has 3 rings (SSSR count). The Morgan fingerprint density at radius 1 is 1.30 bits per heavy atom. The first-order chi connectivity index (χ1) is 9.32. The van der Waals surface area contributed by atoms with Gasteiger partial charge in [0.1, 0.15) is 0 Å². The van der Waals surface area contributed by atoms with Crippen molar-refractivity contribution in [1.29, 1.82) is 0 Å². The predicted molar refractivity (Wildman–Crippen MR) is 79.9 cm³/mol. The highest BCUT2D eigenvalue weighted by atomic mass is 32.1. The Morgan fingerprint density at radius 2 is 1.95 bits per heavy atom. The standard InChI is InChI=1S/C15H18N2O2S/c1-14(2)9-15(3)17(13(20)16-14)11(12(18)19-15)10-7-5-4-6-8-10/h4-8,11H,9H2,1-3H3,(H,16,20). The fourth-order valence-corrected chi connectivity index (χ4v) is 3.86. The first kappa shape index (κ1) is 13.4. The molecule has 0 saturated carbocycles. The summed E-state index contributed by atoms with van der Waals surface area (Å²) < 4.78 is 5.69. The number of fused-ring (bicyclic) bond motifs is 1. The molecule has 1 aromatic rings. The van der Waals surface area contributed by atoms with E-state index in [1.54, 1.807) is 0 Å². The Balaban J connectivity index is 2.03. The van der Waals surface area contributed by atoms with Crippen LogP contribution in [0.2, 0.25) is 0 Å². The van der Waals surface area contributed by atoms with Crippen LogP contribution in [0.15, 0.2) is 30.3 Å². The quantitative estimate of drug-likeness (QED) is 0.635. The maximum atomic E-state index is 12.4. The van der Waals surface area contributed by atoms with Crippen LogP contribution in [0.1, 0.15) is 38.8 Å². The van der Waals surface area contributed by atoms with E-state index in [1.165, 1.54) is 0 Å². The maximum absolute atomic E-state index is 12.4. The lowest BCUT2D eigenvalue weighted by atomic mass is 9.89. The zero-order valence-electron chi connectivity index (χ0n) is 11.8. The monoisotopic (exact) mass is 290 g/mol. The summed E-state index contributed by atoms with van der Waals surface area (Å²) in [6, 6.07) is 9.17. The maximum Gasteiger partial charge on any atom is 0.335 e. The number of nitrogens with one attached hydrogen (secondary N) is 1. The molecule has 2 atom stereocenters. The van der Waals surface area contributed by atoms with Gasteiger partial charge in [0.2, 0.25) is 0 Å². The van der Waals surface area contributed by atoms with Crippen molar-refractivity contribution in [1.82, 2.24) is 10.2 Å². The molecule has 1 aromatic carbocycles. The van der Waals surface area contributed by atoms with Crippen molar-refractivity contribution in [2.24, 2.45) is 0 Å². The highest BCUT2D eigenvalue weighted by molar-refractivity contribution is 7.80. The molecule has 5 heteroatoms. The van der Waals surface area contributed by atoms with Gasteiger partial charge in [0.15, 0.2) is 16.9 Å². The van der Waals surface area contributed by atoms with Crippen LogP contribution in [0.25, 0.3) is 0 Å². The summed E-state index contributed by atoms with van der Waals surface area (Å²) in [5, 5.41) is 3.87. The van der Waals surface area contributed by atoms with Crippen molar-refractivity contribution in [3.63, 3.8) is 0 Å². The van der Waals surface area contributed by atoms with Crippen LogP contribution in [-0.4, -0.2) is 27.2 Å². The zero-order chi connectivity index (χ0) is 14.5. The summed E-state index contributed by atoms with van der Waals surface area (Å²) in [6.07, 6.45) is 0.690. The molecule has 20 heavy (non-hydrogen) atoms. The van der Waals surface area contributed by atoms with Crippen molar-refractivity contribution in [2.45, 2.75) is 44.5 Å². The molecule has 0 bridgehead atoms. The number of hydrogen-bond donors (Lipinski definition) is 1. The topological polar surface area (TPSA) is 41.6 Å². The SMILES string of the molecule is CC1(C)CC2(C)OC(=O)C(c3ccccc3)N2C(=S)N1. The number of rotatable bonds is 1. The summed E-state index contributed by atoms with van der Waals surface area (Å²) in [7, 11) is 0. The molecule has 2 aliphatic heterocycles. The lowest BCUT2D eigenvalue weighted by Crippen LogP contribution is -2.64. The Morgan fingerprint density at radius 3 is 2.60 bits per heavy atom. The van der Waals surface area contributed by atoms with Crippen molar-refractivity contribution in [3.8, 4) is 0 Å². The summed E-state index contributed by atoms with van der Waals surface area (Å²) >= 11 is 5.48. The highest BCUT2D eigenvalue weighted by Crippen LogP contribution is 2.44. The number of thiocarbonyl (C=S) groups is 1. The molecule has 0 aromatic heterocycles. The van der Waals surface area contributed by atoms with Crippen LogP contribution in [-0.2, 0) is 9.53 Å². The van der Waals surface area contributed by atoms with Gasteiger partial charge in [-0.1, -0.05) is 30.3 Å². The van der Waals surface area contributed by atoms with Gasteiger partial charge in [0, 0.05) is 12.0 Å². The molecule has 0 radical (unpaired) electrons. The second-order valence-electron chi connectivity index (χ2n) is 6.27. The molecule has 106 valence electrons. The molecule has 0 aliphatic carbocycles. The number of ether oxygens (including phenoxy) is 1. The van der Waals surface area contributed by atoms with Crippen molar-refractivity contribution in [2.75, 3.05) is 0 Å². The molecule has 2 unspecified atom stereocenters. The van der Waals surface area contributed by atoms with Crippen LogP contribution in [0, 0.1) is 0 Å². The van der Waals surface area contributed by atoms with Crippen LogP contribution in [0.5, 0.6) is 0 Å². The first-order valence-corrected chi connectivity index (χ1v) is 7.13. The normalized spacial score (nSPS) is 31.6. The fraction of sp³-hybridized carbons (Fsp3) is 0.467. The second kappa shape index (κ2) is 4.19. The van der Waals surface area contributed by atoms with E-state index in [2.05, 4.69) is 19.2 Å². The van der Waals surface area contributed by atoms with E-state index < -0.39 is 11.8 Å². The van der Waals surface area contributed by atoms with Gasteiger partial charge in [0.05, 0.1) is 0 Å². The molecule has 2 heterocycles. The highest BCUT2D eigenvalue weighted by Gasteiger charge is 2.57. The van der Waals surface area contributed by atoms with Crippen LogP contribution < -0.4 is 5.32 Å². The van der Waals surface area contributed by atoms with E-state index in [9.17, 15) is 4.79 Å². The summed E-state index contributed by atoms with van der Waals surface area (Å²) in [5.41, 5.74) is 0.0440. The van der Waals surface area contributed by atoms with Crippen LogP contribution in [0.4, 0.5) is 0 Å². The molecular formula is C15H18N2O2S. The third kappa shape index (κ3) is 1.97. The molecule has 2 saturated heterocycles. The van der Waals surface area contributed by atoms with Gasteiger partial charge in [0.25, 0.3) is 0 Å². The van der Waals surface area contributed by atoms with E-state index in [1.807, 2.05) is 42.2 Å². The Kier molecular flexibility index (Phi) is 2.80. The van der Waals surface area contributed by atoms with Crippen LogP contribution >= 0.6 is 12.2 Å². The Bertz CT molecular complexity index is 572. The minimum atomic E-state index is -0.677. The summed E-state index contributed by atoms with van der Waals surface area (Å²) in [4.78, 5) is 14.2. The molecule has 2 aliphatic rings. The number of benzene rings is 1. The smallest absolute Gasteiger partial charge is 0.335 e. The average Bonchev–Trinajstić information content (AvgIpc) is 2.59. The number of carbonyl (C=O) groups excluding carboxylic acids is 1. The summed E-state index contributed by atoms with van der Waals surface area (Å²) in [5.74, 6) is -0.236. The number of carbonyl (C=O) groups is 1.